The third kappa shape index (κ3) is 2.90. The van der Waals surface area contributed by atoms with Crippen LogP contribution in [0.2, 0.25) is 0 Å². The Morgan fingerprint density at radius 2 is 2.28 bits per heavy atom. The molecular weight excluding hydrogens is 246 g/mol. The highest BCUT2D eigenvalue weighted by Gasteiger charge is 2.34. The molecule has 0 aliphatic heterocycles. The van der Waals surface area contributed by atoms with Gasteiger partial charge >= 0.3 is 0 Å². The highest BCUT2D eigenvalue weighted by atomic mass is 32.1. The van der Waals surface area contributed by atoms with Crippen molar-refractivity contribution >= 4 is 17.2 Å². The van der Waals surface area contributed by atoms with Gasteiger partial charge in [0, 0.05) is 6.54 Å². The average Bonchev–Trinajstić information content (AvgIpc) is 2.99. The summed E-state index contributed by atoms with van der Waals surface area (Å²) in [4.78, 5) is 17.2. The molecule has 0 saturated heterocycles. The quantitative estimate of drug-likeness (QED) is 0.858. The van der Waals surface area contributed by atoms with Gasteiger partial charge in [0.2, 0.25) is 0 Å². The Morgan fingerprint density at radius 3 is 2.89 bits per heavy atom. The van der Waals surface area contributed by atoms with E-state index in [0.717, 1.165) is 43.5 Å². The number of hydrogen-bond donors (Lipinski definition) is 2. The molecule has 2 rings (SSSR count). The summed E-state index contributed by atoms with van der Waals surface area (Å²) in [6.07, 6.45) is 7.99. The molecule has 18 heavy (non-hydrogen) atoms. The van der Waals surface area contributed by atoms with Gasteiger partial charge in [-0.15, -0.1) is 11.3 Å². The van der Waals surface area contributed by atoms with Crippen molar-refractivity contribution in [2.75, 3.05) is 6.54 Å². The summed E-state index contributed by atoms with van der Waals surface area (Å²) in [6, 6.07) is 0. The first-order valence-electron chi connectivity index (χ1n) is 6.66. The van der Waals surface area contributed by atoms with Gasteiger partial charge in [-0.2, -0.15) is 0 Å². The molecule has 1 heterocycles. The van der Waals surface area contributed by atoms with E-state index in [1.807, 2.05) is 0 Å². The normalized spacial score (nSPS) is 17.9. The molecule has 1 fully saturated rings. The molecule has 0 spiro atoms. The Kier molecular flexibility index (Phi) is 4.35. The van der Waals surface area contributed by atoms with Crippen LogP contribution in [0.4, 0.5) is 0 Å². The minimum atomic E-state index is -0.175. The summed E-state index contributed by atoms with van der Waals surface area (Å²) in [5.41, 5.74) is 5.65. The molecule has 0 bridgehead atoms. The van der Waals surface area contributed by atoms with Crippen molar-refractivity contribution in [3.05, 3.63) is 16.1 Å². The number of nitrogens with two attached hydrogens (primary N) is 1. The largest absolute Gasteiger partial charge is 0.345 e. The SMILES string of the molecule is CCCc1ncc(C(=O)NC2(CN)CCCC2)s1. The number of carbonyl (C=O) groups excluding carboxylic acids is 1. The number of nitrogens with one attached hydrogen (secondary N) is 1. The van der Waals surface area contributed by atoms with Gasteiger partial charge in [0.05, 0.1) is 16.7 Å². The topological polar surface area (TPSA) is 68.0 Å². The molecule has 4 nitrogen and oxygen atoms in total. The maximum absolute atomic E-state index is 12.2. The fourth-order valence-electron chi connectivity index (χ4n) is 2.48. The maximum atomic E-state index is 12.2. The van der Waals surface area contributed by atoms with E-state index in [0.29, 0.717) is 11.4 Å². The number of thiazole rings is 1. The molecule has 1 saturated carbocycles. The first kappa shape index (κ1) is 13.5. The molecule has 5 heteroatoms. The molecule has 0 atom stereocenters. The van der Waals surface area contributed by atoms with Crippen LogP contribution in [0.5, 0.6) is 0 Å². The second-order valence-corrected chi connectivity index (χ2v) is 6.13. The lowest BCUT2D eigenvalue weighted by atomic mass is 9.98. The zero-order valence-corrected chi connectivity index (χ0v) is 11.7. The Bertz CT molecular complexity index is 410. The lowest BCUT2D eigenvalue weighted by Crippen LogP contribution is -2.51. The third-order valence-electron chi connectivity index (χ3n) is 3.57. The molecule has 1 aromatic rings. The third-order valence-corrected chi connectivity index (χ3v) is 4.63. The van der Waals surface area contributed by atoms with Crippen LogP contribution in [0.3, 0.4) is 0 Å². The van der Waals surface area contributed by atoms with Gasteiger partial charge in [-0.25, -0.2) is 4.98 Å². The fraction of sp³-hybridized carbons (Fsp3) is 0.692. The van der Waals surface area contributed by atoms with Gasteiger partial charge in [-0.05, 0) is 25.7 Å². The second-order valence-electron chi connectivity index (χ2n) is 5.01. The predicted octanol–water partition coefficient (Wildman–Crippen LogP) is 2.10. The number of amides is 1. The van der Waals surface area contributed by atoms with Crippen molar-refractivity contribution in [2.45, 2.75) is 51.0 Å². The lowest BCUT2D eigenvalue weighted by molar-refractivity contribution is 0.0907. The Morgan fingerprint density at radius 1 is 1.56 bits per heavy atom. The van der Waals surface area contributed by atoms with E-state index in [1.54, 1.807) is 6.20 Å². The van der Waals surface area contributed by atoms with Crippen molar-refractivity contribution < 1.29 is 4.79 Å². The number of nitrogens with zero attached hydrogens (tertiary/aromatic N) is 1. The zero-order valence-electron chi connectivity index (χ0n) is 10.9. The molecule has 0 aromatic carbocycles. The van der Waals surface area contributed by atoms with Crippen LogP contribution in [0.1, 0.15) is 53.7 Å². The van der Waals surface area contributed by atoms with E-state index >= 15 is 0 Å². The van der Waals surface area contributed by atoms with Crippen LogP contribution >= 0.6 is 11.3 Å². The van der Waals surface area contributed by atoms with Crippen LogP contribution in [0, 0.1) is 0 Å². The zero-order chi connectivity index (χ0) is 13.0. The van der Waals surface area contributed by atoms with Gasteiger partial charge in [-0.3, -0.25) is 4.79 Å². The summed E-state index contributed by atoms with van der Waals surface area (Å²) in [5, 5.41) is 4.16. The predicted molar refractivity (Wildman–Crippen MR) is 73.8 cm³/mol. The van der Waals surface area contributed by atoms with Gasteiger partial charge in [0.25, 0.3) is 5.91 Å². The Labute approximate surface area is 112 Å². The van der Waals surface area contributed by atoms with E-state index in [-0.39, 0.29) is 11.4 Å². The average molecular weight is 267 g/mol. The van der Waals surface area contributed by atoms with E-state index in [1.165, 1.54) is 11.3 Å². The van der Waals surface area contributed by atoms with Crippen molar-refractivity contribution in [1.29, 1.82) is 0 Å². The fourth-order valence-corrected chi connectivity index (χ4v) is 3.39. The van der Waals surface area contributed by atoms with Crippen LogP contribution in [-0.2, 0) is 6.42 Å². The molecule has 1 aromatic heterocycles. The summed E-state index contributed by atoms with van der Waals surface area (Å²) in [6.45, 7) is 2.64. The van der Waals surface area contributed by atoms with E-state index in [4.69, 9.17) is 5.73 Å². The van der Waals surface area contributed by atoms with Crippen molar-refractivity contribution in [1.82, 2.24) is 10.3 Å². The van der Waals surface area contributed by atoms with Crippen LogP contribution < -0.4 is 11.1 Å². The molecule has 1 aliphatic carbocycles. The summed E-state index contributed by atoms with van der Waals surface area (Å²) < 4.78 is 0. The molecule has 100 valence electrons. The molecular formula is C13H21N3OS. The molecule has 0 unspecified atom stereocenters. The van der Waals surface area contributed by atoms with Gasteiger partial charge in [-0.1, -0.05) is 19.8 Å². The number of hydrogen-bond acceptors (Lipinski definition) is 4. The van der Waals surface area contributed by atoms with E-state index < -0.39 is 0 Å². The van der Waals surface area contributed by atoms with Crippen LogP contribution in [0.15, 0.2) is 6.20 Å². The summed E-state index contributed by atoms with van der Waals surface area (Å²) in [5.74, 6) is -0.0118. The van der Waals surface area contributed by atoms with Gasteiger partial charge < -0.3 is 11.1 Å². The smallest absolute Gasteiger partial charge is 0.263 e. The van der Waals surface area contributed by atoms with Crippen molar-refractivity contribution in [3.63, 3.8) is 0 Å². The highest BCUT2D eigenvalue weighted by molar-refractivity contribution is 7.13. The standard InChI is InChI=1S/C13H21N3OS/c1-2-5-11-15-8-10(18-11)12(17)16-13(9-14)6-3-4-7-13/h8H,2-7,9,14H2,1H3,(H,16,17). The molecule has 0 radical (unpaired) electrons. The Balaban J connectivity index is 2.02. The van der Waals surface area contributed by atoms with Gasteiger partial charge in [0.1, 0.15) is 4.88 Å². The minimum absolute atomic E-state index is 0.0118. The first-order chi connectivity index (χ1) is 8.69. The monoisotopic (exact) mass is 267 g/mol. The molecule has 1 aliphatic rings. The number of carbonyl (C=O) groups is 1. The minimum Gasteiger partial charge on any atom is -0.345 e. The second kappa shape index (κ2) is 5.80. The van der Waals surface area contributed by atoms with Crippen LogP contribution in [0.25, 0.3) is 0 Å². The lowest BCUT2D eigenvalue weighted by Gasteiger charge is -2.28. The highest BCUT2D eigenvalue weighted by Crippen LogP contribution is 2.29. The number of rotatable bonds is 5. The first-order valence-corrected chi connectivity index (χ1v) is 7.48. The van der Waals surface area contributed by atoms with Gasteiger partial charge in [0.15, 0.2) is 0 Å². The van der Waals surface area contributed by atoms with Crippen molar-refractivity contribution in [2.24, 2.45) is 5.73 Å². The van der Waals surface area contributed by atoms with Crippen molar-refractivity contribution in [3.8, 4) is 0 Å². The molecule has 1 amide bonds. The van der Waals surface area contributed by atoms with Crippen LogP contribution in [-0.4, -0.2) is 23.0 Å². The summed E-state index contributed by atoms with van der Waals surface area (Å²) in [7, 11) is 0. The molecule has 3 N–H and O–H groups in total. The number of aryl methyl sites for hydroxylation is 1. The van der Waals surface area contributed by atoms with E-state index in [9.17, 15) is 4.79 Å². The maximum Gasteiger partial charge on any atom is 0.263 e. The number of aromatic nitrogens is 1. The summed E-state index contributed by atoms with van der Waals surface area (Å²) >= 11 is 1.49. The van der Waals surface area contributed by atoms with E-state index in [2.05, 4.69) is 17.2 Å². The Hall–Kier alpha value is -0.940.